The van der Waals surface area contributed by atoms with Crippen LogP contribution in [0.15, 0.2) is 30.3 Å². The molecule has 1 saturated heterocycles. The van der Waals surface area contributed by atoms with Crippen molar-refractivity contribution >= 4 is 7.05 Å². The van der Waals surface area contributed by atoms with Gasteiger partial charge in [-0.3, -0.25) is 0 Å². The highest BCUT2D eigenvalue weighted by Crippen LogP contribution is 2.43. The van der Waals surface area contributed by atoms with Crippen LogP contribution in [0.25, 0.3) is 0 Å². The molecule has 0 radical (unpaired) electrons. The number of rotatable bonds is 3. The molecule has 2 unspecified atom stereocenters. The topological polar surface area (TPSA) is 12.5 Å². The van der Waals surface area contributed by atoms with E-state index in [1.807, 2.05) is 0 Å². The molecule has 3 heteroatoms. The van der Waals surface area contributed by atoms with E-state index in [9.17, 15) is 0 Å². The molecule has 0 N–H and O–H groups in total. The predicted molar refractivity (Wildman–Crippen MR) is 101 cm³/mol. The van der Waals surface area contributed by atoms with Crippen molar-refractivity contribution in [3.05, 3.63) is 35.9 Å². The summed E-state index contributed by atoms with van der Waals surface area (Å²) < 4.78 is 6.80. The van der Waals surface area contributed by atoms with E-state index in [1.54, 1.807) is 0 Å². The summed E-state index contributed by atoms with van der Waals surface area (Å²) in [4.78, 5) is 2.76. The third-order valence-corrected chi connectivity index (χ3v) is 6.70. The van der Waals surface area contributed by atoms with Crippen molar-refractivity contribution in [1.29, 1.82) is 0 Å². The highest BCUT2D eigenvalue weighted by Gasteiger charge is 2.45. The second kappa shape index (κ2) is 7.62. The summed E-state index contributed by atoms with van der Waals surface area (Å²) in [6.45, 7) is 3.58. The van der Waals surface area contributed by atoms with Gasteiger partial charge in [-0.05, 0) is 50.0 Å². The van der Waals surface area contributed by atoms with Gasteiger partial charge in [0.15, 0.2) is 0 Å². The summed E-state index contributed by atoms with van der Waals surface area (Å²) in [5.74, 6) is 1.33. The molecule has 1 aromatic rings. The van der Waals surface area contributed by atoms with E-state index in [1.165, 1.54) is 63.5 Å². The minimum atomic E-state index is 0.346. The van der Waals surface area contributed by atoms with Gasteiger partial charge in [-0.25, -0.2) is 0 Å². The first-order chi connectivity index (χ1) is 11.9. The number of nitrogens with zero attached hydrogens (tertiary/aromatic N) is 1. The number of fused-ring (bicyclic) bond motifs is 1. The van der Waals surface area contributed by atoms with Crippen LogP contribution in [-0.4, -0.2) is 30.6 Å². The molecule has 24 heavy (non-hydrogen) atoms. The predicted octanol–water partition coefficient (Wildman–Crippen LogP) is 5.11. The fourth-order valence-electron chi connectivity index (χ4n) is 5.49. The summed E-state index contributed by atoms with van der Waals surface area (Å²) >= 11 is 0. The third-order valence-electron chi connectivity index (χ3n) is 6.70. The van der Waals surface area contributed by atoms with Crippen molar-refractivity contribution in [2.75, 3.05) is 6.54 Å². The number of hydrogen-bond acceptors (Lipinski definition) is 2. The summed E-state index contributed by atoms with van der Waals surface area (Å²) in [5, 5.41) is 0. The summed E-state index contributed by atoms with van der Waals surface area (Å²) in [6, 6.07) is 11.9. The maximum absolute atomic E-state index is 6.80. The van der Waals surface area contributed by atoms with Crippen LogP contribution < -0.4 is 0 Å². The molecular weight excluding hydrogens is 293 g/mol. The Kier molecular flexibility index (Phi) is 5.29. The van der Waals surface area contributed by atoms with Crippen molar-refractivity contribution in [3.63, 3.8) is 0 Å². The van der Waals surface area contributed by atoms with Gasteiger partial charge in [-0.2, -0.15) is 0 Å². The molecule has 0 aromatic heterocycles. The zero-order valence-corrected chi connectivity index (χ0v) is 15.2. The van der Waals surface area contributed by atoms with Gasteiger partial charge in [0.25, 0.3) is 0 Å². The molecule has 130 valence electrons. The molecule has 0 spiro atoms. The van der Waals surface area contributed by atoms with Crippen LogP contribution in [0.5, 0.6) is 0 Å². The van der Waals surface area contributed by atoms with E-state index in [2.05, 4.69) is 42.1 Å². The first-order valence-electron chi connectivity index (χ1n) is 10.3. The Morgan fingerprint density at radius 2 is 1.79 bits per heavy atom. The third kappa shape index (κ3) is 3.30. The maximum Gasteiger partial charge on any atom is 0.382 e. The standard InChI is InChI=1S/C21H32BNO/c1-2-22-23(19-13-7-4-8-14-19)16-18-12-9-15-20(21(18)24-22)17-10-5-3-6-11-17/h3,5-6,10-11,18-21H,2,4,7-9,12-16H2,1H3/t18?,20-,21?/m1/s1. The van der Waals surface area contributed by atoms with Gasteiger partial charge in [-0.15, -0.1) is 0 Å². The molecule has 1 heterocycles. The smallest absolute Gasteiger partial charge is 0.382 e. The number of hydrogen-bond donors (Lipinski definition) is 0. The van der Waals surface area contributed by atoms with Gasteiger partial charge in [-0.1, -0.05) is 62.9 Å². The van der Waals surface area contributed by atoms with Crippen molar-refractivity contribution in [1.82, 2.24) is 4.81 Å². The molecule has 2 aliphatic carbocycles. The van der Waals surface area contributed by atoms with Gasteiger partial charge >= 0.3 is 7.05 Å². The van der Waals surface area contributed by atoms with E-state index >= 15 is 0 Å². The van der Waals surface area contributed by atoms with Crippen molar-refractivity contribution in [2.45, 2.75) is 82.7 Å². The average molecular weight is 325 g/mol. The molecule has 3 atom stereocenters. The van der Waals surface area contributed by atoms with E-state index in [0.29, 0.717) is 19.1 Å². The summed E-state index contributed by atoms with van der Waals surface area (Å²) in [7, 11) is 0.346. The lowest BCUT2D eigenvalue weighted by molar-refractivity contribution is -0.00133. The largest absolute Gasteiger partial charge is 0.418 e. The highest BCUT2D eigenvalue weighted by atomic mass is 16.5. The molecular formula is C21H32BNO. The summed E-state index contributed by atoms with van der Waals surface area (Å²) in [5.41, 5.74) is 1.49. The molecule has 1 aliphatic heterocycles. The Balaban J connectivity index is 1.52. The van der Waals surface area contributed by atoms with Crippen molar-refractivity contribution < 1.29 is 4.65 Å². The lowest BCUT2D eigenvalue weighted by Crippen LogP contribution is -2.60. The molecule has 2 nitrogen and oxygen atoms in total. The number of benzene rings is 1. The van der Waals surface area contributed by atoms with Crippen LogP contribution in [0.2, 0.25) is 6.32 Å². The Labute approximate surface area is 148 Å². The second-order valence-corrected chi connectivity index (χ2v) is 8.16. The maximum atomic E-state index is 6.80. The molecule has 0 amide bonds. The monoisotopic (exact) mass is 325 g/mol. The Bertz CT molecular complexity index is 516. The zero-order chi connectivity index (χ0) is 16.4. The van der Waals surface area contributed by atoms with Crippen LogP contribution in [0.4, 0.5) is 0 Å². The zero-order valence-electron chi connectivity index (χ0n) is 15.2. The van der Waals surface area contributed by atoms with Crippen molar-refractivity contribution in [3.8, 4) is 0 Å². The van der Waals surface area contributed by atoms with E-state index in [4.69, 9.17) is 4.65 Å². The lowest BCUT2D eigenvalue weighted by atomic mass is 9.65. The van der Waals surface area contributed by atoms with Gasteiger partial charge in [0.2, 0.25) is 0 Å². The fourth-order valence-corrected chi connectivity index (χ4v) is 5.49. The van der Waals surface area contributed by atoms with Crippen LogP contribution in [-0.2, 0) is 4.65 Å². The van der Waals surface area contributed by atoms with E-state index < -0.39 is 0 Å². The highest BCUT2D eigenvalue weighted by molar-refractivity contribution is 6.48. The van der Waals surface area contributed by atoms with E-state index in [-0.39, 0.29) is 0 Å². The van der Waals surface area contributed by atoms with Crippen molar-refractivity contribution in [2.24, 2.45) is 5.92 Å². The lowest BCUT2D eigenvalue weighted by Gasteiger charge is -2.51. The SMILES string of the molecule is CCB1OC2C(CCC[C@@H]2c2ccccc2)CN1C1CCCCC1. The quantitative estimate of drug-likeness (QED) is 0.716. The molecule has 2 saturated carbocycles. The summed E-state index contributed by atoms with van der Waals surface area (Å²) in [6.07, 6.45) is 12.6. The van der Waals surface area contributed by atoms with Crippen LogP contribution >= 0.6 is 0 Å². The Morgan fingerprint density at radius 1 is 1.00 bits per heavy atom. The average Bonchev–Trinajstić information content (AvgIpc) is 2.67. The Morgan fingerprint density at radius 3 is 2.54 bits per heavy atom. The van der Waals surface area contributed by atoms with Gasteiger partial charge in [0.1, 0.15) is 0 Å². The minimum absolute atomic E-state index is 0.346. The van der Waals surface area contributed by atoms with Gasteiger partial charge < -0.3 is 9.47 Å². The molecule has 4 rings (SSSR count). The van der Waals surface area contributed by atoms with Crippen LogP contribution in [0.1, 0.15) is 69.8 Å². The van der Waals surface area contributed by atoms with E-state index in [0.717, 1.165) is 18.3 Å². The van der Waals surface area contributed by atoms with Crippen LogP contribution in [0, 0.1) is 5.92 Å². The molecule has 3 aliphatic rings. The van der Waals surface area contributed by atoms with Crippen LogP contribution in [0.3, 0.4) is 0 Å². The molecule has 3 fully saturated rings. The Hall–Kier alpha value is -0.795. The molecule has 0 bridgehead atoms. The minimum Gasteiger partial charge on any atom is -0.418 e. The van der Waals surface area contributed by atoms with Gasteiger partial charge in [0.05, 0.1) is 6.10 Å². The van der Waals surface area contributed by atoms with Gasteiger partial charge in [0, 0.05) is 12.0 Å². The molecule has 1 aromatic carbocycles. The first kappa shape index (κ1) is 16.7. The second-order valence-electron chi connectivity index (χ2n) is 8.16. The fraction of sp³-hybridized carbons (Fsp3) is 0.714. The normalized spacial score (nSPS) is 32.5. The first-order valence-corrected chi connectivity index (χ1v) is 10.3.